The van der Waals surface area contributed by atoms with Crippen LogP contribution in [0.25, 0.3) is 0 Å². The third-order valence-electron chi connectivity index (χ3n) is 3.63. The third-order valence-corrected chi connectivity index (χ3v) is 3.63. The number of nitrogens with one attached hydrogen (secondary N) is 1. The molecule has 4 nitrogen and oxygen atoms in total. The zero-order valence-corrected chi connectivity index (χ0v) is 12.3. The summed E-state index contributed by atoms with van der Waals surface area (Å²) in [6, 6.07) is 12.9. The number of carbonyl (C=O) groups is 1. The molecule has 114 valence electrons. The first-order chi connectivity index (χ1) is 10.7. The van der Waals surface area contributed by atoms with E-state index in [2.05, 4.69) is 5.32 Å². The van der Waals surface area contributed by atoms with Gasteiger partial charge in [0.15, 0.2) is 0 Å². The van der Waals surface area contributed by atoms with Gasteiger partial charge in [-0.05, 0) is 42.8 Å². The lowest BCUT2D eigenvalue weighted by Gasteiger charge is -2.34. The summed E-state index contributed by atoms with van der Waals surface area (Å²) >= 11 is 0. The number of urea groups is 1. The highest BCUT2D eigenvalue weighted by Crippen LogP contribution is 2.34. The number of ether oxygens (including phenoxy) is 1. The van der Waals surface area contributed by atoms with E-state index in [0.717, 1.165) is 12.1 Å². The minimum absolute atomic E-state index is 0.0335. The summed E-state index contributed by atoms with van der Waals surface area (Å²) in [7, 11) is 0. The molecule has 2 aromatic carbocycles. The molecule has 22 heavy (non-hydrogen) atoms. The summed E-state index contributed by atoms with van der Waals surface area (Å²) in [5.74, 6) is 0.371. The Bertz CT molecular complexity index is 673. The molecule has 5 heteroatoms. The highest BCUT2D eigenvalue weighted by molar-refractivity contribution is 6.03. The Hall–Kier alpha value is -2.56. The second-order valence-electron chi connectivity index (χ2n) is 5.16. The van der Waals surface area contributed by atoms with E-state index in [-0.39, 0.29) is 18.0 Å². The van der Waals surface area contributed by atoms with Gasteiger partial charge in [-0.3, -0.25) is 4.90 Å². The van der Waals surface area contributed by atoms with E-state index < -0.39 is 0 Å². The van der Waals surface area contributed by atoms with Crippen molar-refractivity contribution in [2.24, 2.45) is 0 Å². The minimum atomic E-state index is -0.333. The molecule has 0 fully saturated rings. The number of carbonyl (C=O) groups excluding carboxylic acids is 1. The maximum Gasteiger partial charge on any atom is 0.326 e. The molecule has 0 aromatic heterocycles. The highest BCUT2D eigenvalue weighted by atomic mass is 19.1. The molecule has 1 aliphatic rings. The molecule has 1 heterocycles. The van der Waals surface area contributed by atoms with E-state index >= 15 is 0 Å². The van der Waals surface area contributed by atoms with E-state index in [1.807, 2.05) is 31.2 Å². The van der Waals surface area contributed by atoms with Crippen molar-refractivity contribution in [1.29, 1.82) is 0 Å². The number of hydrogen-bond donors (Lipinski definition) is 1. The van der Waals surface area contributed by atoms with Crippen LogP contribution < -0.4 is 15.0 Å². The fourth-order valence-corrected chi connectivity index (χ4v) is 2.43. The van der Waals surface area contributed by atoms with Crippen molar-refractivity contribution < 1.29 is 13.9 Å². The average Bonchev–Trinajstić information content (AvgIpc) is 2.55. The van der Waals surface area contributed by atoms with Gasteiger partial charge in [-0.15, -0.1) is 0 Å². The van der Waals surface area contributed by atoms with Crippen LogP contribution >= 0.6 is 0 Å². The zero-order chi connectivity index (χ0) is 15.5. The number of fused-ring (bicyclic) bond motifs is 1. The Morgan fingerprint density at radius 2 is 2.00 bits per heavy atom. The van der Waals surface area contributed by atoms with Crippen molar-refractivity contribution in [2.45, 2.75) is 19.4 Å². The number of benzene rings is 2. The minimum Gasteiger partial charge on any atom is -0.486 e. The van der Waals surface area contributed by atoms with Crippen molar-refractivity contribution in [1.82, 2.24) is 0 Å². The molecular weight excluding hydrogens is 283 g/mol. The predicted octanol–water partition coefficient (Wildman–Crippen LogP) is 4.04. The lowest BCUT2D eigenvalue weighted by molar-refractivity contribution is 0.188. The van der Waals surface area contributed by atoms with Crippen LogP contribution in [0.2, 0.25) is 0 Å². The fraction of sp³-hybridized carbons (Fsp3) is 0.235. The zero-order valence-electron chi connectivity index (χ0n) is 12.3. The van der Waals surface area contributed by atoms with Crippen LogP contribution in [-0.2, 0) is 0 Å². The number of amides is 2. The molecular formula is C17H17FN2O2. The van der Waals surface area contributed by atoms with Gasteiger partial charge >= 0.3 is 6.03 Å². The summed E-state index contributed by atoms with van der Waals surface area (Å²) in [6.45, 7) is 2.51. The van der Waals surface area contributed by atoms with Crippen LogP contribution in [0.1, 0.15) is 13.3 Å². The Balaban J connectivity index is 1.83. The molecule has 0 aliphatic carbocycles. The van der Waals surface area contributed by atoms with E-state index in [4.69, 9.17) is 4.74 Å². The SMILES string of the molecule is CC[C@H]1CN(C(=O)Nc2ccc(F)cc2)c2ccccc2O1. The Labute approximate surface area is 128 Å². The molecule has 0 saturated carbocycles. The largest absolute Gasteiger partial charge is 0.486 e. The monoisotopic (exact) mass is 300 g/mol. The number of hydrogen-bond acceptors (Lipinski definition) is 2. The number of nitrogens with zero attached hydrogens (tertiary/aromatic N) is 1. The van der Waals surface area contributed by atoms with Crippen LogP contribution in [0.5, 0.6) is 5.75 Å². The summed E-state index contributed by atoms with van der Waals surface area (Å²) in [6.07, 6.45) is 0.781. The normalized spacial score (nSPS) is 16.6. The molecule has 2 aromatic rings. The van der Waals surface area contributed by atoms with Crippen LogP contribution in [-0.4, -0.2) is 18.7 Å². The van der Waals surface area contributed by atoms with Crippen LogP contribution in [0, 0.1) is 5.82 Å². The van der Waals surface area contributed by atoms with Gasteiger partial charge in [0.2, 0.25) is 0 Å². The van der Waals surface area contributed by atoms with Gasteiger partial charge in [-0.25, -0.2) is 9.18 Å². The molecule has 3 rings (SSSR count). The molecule has 0 saturated heterocycles. The molecule has 0 radical (unpaired) electrons. The van der Waals surface area contributed by atoms with Gasteiger partial charge in [-0.1, -0.05) is 19.1 Å². The Morgan fingerprint density at radius 1 is 1.27 bits per heavy atom. The van der Waals surface area contributed by atoms with Crippen LogP contribution in [0.15, 0.2) is 48.5 Å². The molecule has 1 aliphatic heterocycles. The van der Waals surface area contributed by atoms with E-state index in [1.165, 1.54) is 24.3 Å². The maximum absolute atomic E-state index is 12.9. The predicted molar refractivity (Wildman–Crippen MR) is 83.9 cm³/mol. The fourth-order valence-electron chi connectivity index (χ4n) is 2.43. The highest BCUT2D eigenvalue weighted by Gasteiger charge is 2.28. The van der Waals surface area contributed by atoms with Crippen molar-refractivity contribution >= 4 is 17.4 Å². The number of para-hydroxylation sites is 2. The standard InChI is InChI=1S/C17H17FN2O2/c1-2-14-11-20(15-5-3-4-6-16(15)22-14)17(21)19-13-9-7-12(18)8-10-13/h3-10,14H,2,11H2,1H3,(H,19,21)/t14-/m0/s1. The van der Waals surface area contributed by atoms with E-state index in [1.54, 1.807) is 4.90 Å². The van der Waals surface area contributed by atoms with Gasteiger partial charge < -0.3 is 10.1 Å². The van der Waals surface area contributed by atoms with Crippen molar-refractivity contribution in [3.63, 3.8) is 0 Å². The Morgan fingerprint density at radius 3 is 2.73 bits per heavy atom. The van der Waals surface area contributed by atoms with E-state index in [9.17, 15) is 9.18 Å². The van der Waals surface area contributed by atoms with Crippen molar-refractivity contribution in [3.05, 3.63) is 54.3 Å². The number of halogens is 1. The number of anilines is 2. The summed E-state index contributed by atoms with van der Waals surface area (Å²) in [5, 5.41) is 2.79. The summed E-state index contributed by atoms with van der Waals surface area (Å²) in [4.78, 5) is 14.2. The first kappa shape index (κ1) is 14.4. The second kappa shape index (κ2) is 6.05. The topological polar surface area (TPSA) is 41.6 Å². The van der Waals surface area contributed by atoms with Gasteiger partial charge in [0.25, 0.3) is 0 Å². The first-order valence-electron chi connectivity index (χ1n) is 7.27. The quantitative estimate of drug-likeness (QED) is 0.909. The van der Waals surface area contributed by atoms with Gasteiger partial charge in [-0.2, -0.15) is 0 Å². The molecule has 1 atom stereocenters. The van der Waals surface area contributed by atoms with Crippen molar-refractivity contribution in [3.8, 4) is 5.75 Å². The van der Waals surface area contributed by atoms with Gasteiger partial charge in [0.1, 0.15) is 17.7 Å². The van der Waals surface area contributed by atoms with Gasteiger partial charge in [0.05, 0.1) is 12.2 Å². The van der Waals surface area contributed by atoms with Crippen LogP contribution in [0.4, 0.5) is 20.6 Å². The number of rotatable bonds is 2. The maximum atomic E-state index is 12.9. The summed E-state index contributed by atoms with van der Waals surface area (Å²) < 4.78 is 18.8. The first-order valence-corrected chi connectivity index (χ1v) is 7.27. The van der Waals surface area contributed by atoms with E-state index in [0.29, 0.717) is 18.0 Å². The summed E-state index contributed by atoms with van der Waals surface area (Å²) in [5.41, 5.74) is 1.30. The van der Waals surface area contributed by atoms with Gasteiger partial charge in [0, 0.05) is 5.69 Å². The third kappa shape index (κ3) is 2.88. The van der Waals surface area contributed by atoms with Crippen molar-refractivity contribution in [2.75, 3.05) is 16.8 Å². The average molecular weight is 300 g/mol. The second-order valence-corrected chi connectivity index (χ2v) is 5.16. The molecule has 0 spiro atoms. The Kier molecular flexibility index (Phi) is 3.96. The van der Waals surface area contributed by atoms with Crippen LogP contribution in [0.3, 0.4) is 0 Å². The molecule has 2 amide bonds. The lowest BCUT2D eigenvalue weighted by Crippen LogP contribution is -2.45. The molecule has 1 N–H and O–H groups in total. The smallest absolute Gasteiger partial charge is 0.326 e. The lowest BCUT2D eigenvalue weighted by atomic mass is 10.1. The molecule has 0 bridgehead atoms. The molecule has 0 unspecified atom stereocenters.